The molecule has 1 atom stereocenters. The minimum atomic E-state index is -0.769. The Bertz CT molecular complexity index is 1020. The molecular weight excluding hydrogens is 331 g/mol. The smallest absolute Gasteiger partial charge is 0.154 e. The molecule has 0 radical (unpaired) electrons. The zero-order valence-corrected chi connectivity index (χ0v) is 14.1. The molecular formula is C19H17FN6. The van der Waals surface area contributed by atoms with E-state index >= 15 is 0 Å². The number of fused-ring (bicyclic) bond motifs is 2. The Balaban J connectivity index is 1.46. The SMILES string of the molecule is F[C@@H]1CCN(c2nccc3cc(NC4=NCc5nccnc54)ccc23)C1. The van der Waals surface area contributed by atoms with Gasteiger partial charge in [0.25, 0.3) is 0 Å². The summed E-state index contributed by atoms with van der Waals surface area (Å²) in [4.78, 5) is 19.7. The van der Waals surface area contributed by atoms with Crippen LogP contribution in [-0.2, 0) is 6.54 Å². The van der Waals surface area contributed by atoms with Crippen LogP contribution in [0.2, 0.25) is 0 Å². The van der Waals surface area contributed by atoms with Crippen LogP contribution in [0.25, 0.3) is 10.8 Å². The van der Waals surface area contributed by atoms with E-state index in [1.165, 1.54) is 0 Å². The number of amidine groups is 1. The number of hydrogen-bond donors (Lipinski definition) is 1. The second-order valence-electron chi connectivity index (χ2n) is 6.54. The number of benzene rings is 1. The van der Waals surface area contributed by atoms with Crippen LogP contribution in [-0.4, -0.2) is 40.0 Å². The highest BCUT2D eigenvalue weighted by Gasteiger charge is 2.24. The molecule has 1 N–H and O–H groups in total. The van der Waals surface area contributed by atoms with Crippen LogP contribution in [0.3, 0.4) is 0 Å². The fourth-order valence-electron chi connectivity index (χ4n) is 3.55. The first-order chi connectivity index (χ1) is 12.8. The van der Waals surface area contributed by atoms with Gasteiger partial charge < -0.3 is 10.2 Å². The van der Waals surface area contributed by atoms with Crippen molar-refractivity contribution in [2.24, 2.45) is 4.99 Å². The molecule has 0 bridgehead atoms. The van der Waals surface area contributed by atoms with Crippen molar-refractivity contribution in [1.82, 2.24) is 15.0 Å². The Morgan fingerprint density at radius 1 is 1.08 bits per heavy atom. The average molecular weight is 348 g/mol. The van der Waals surface area contributed by atoms with E-state index in [2.05, 4.69) is 31.3 Å². The Labute approximate surface area is 149 Å². The van der Waals surface area contributed by atoms with Gasteiger partial charge in [-0.1, -0.05) is 0 Å². The highest BCUT2D eigenvalue weighted by Crippen LogP contribution is 2.30. The maximum atomic E-state index is 13.6. The van der Waals surface area contributed by atoms with E-state index in [-0.39, 0.29) is 0 Å². The lowest BCUT2D eigenvalue weighted by molar-refractivity contribution is 0.364. The van der Waals surface area contributed by atoms with E-state index in [1.807, 2.05) is 23.1 Å². The predicted octanol–water partition coefficient (Wildman–Crippen LogP) is 2.95. The van der Waals surface area contributed by atoms with Gasteiger partial charge in [0.1, 0.15) is 17.7 Å². The van der Waals surface area contributed by atoms with E-state index in [4.69, 9.17) is 0 Å². The number of pyridine rings is 1. The van der Waals surface area contributed by atoms with Crippen molar-refractivity contribution in [3.63, 3.8) is 0 Å². The van der Waals surface area contributed by atoms with E-state index in [0.717, 1.165) is 39.5 Å². The summed E-state index contributed by atoms with van der Waals surface area (Å²) in [7, 11) is 0. The zero-order chi connectivity index (χ0) is 17.5. The molecule has 2 aliphatic rings. The summed E-state index contributed by atoms with van der Waals surface area (Å²) >= 11 is 0. The Hall–Kier alpha value is -3.09. The molecule has 4 heterocycles. The predicted molar refractivity (Wildman–Crippen MR) is 99.4 cm³/mol. The van der Waals surface area contributed by atoms with Gasteiger partial charge in [0.05, 0.1) is 18.8 Å². The molecule has 0 spiro atoms. The summed E-state index contributed by atoms with van der Waals surface area (Å²) in [6.07, 6.45) is 4.93. The Kier molecular flexibility index (Phi) is 3.51. The van der Waals surface area contributed by atoms with Crippen molar-refractivity contribution < 1.29 is 4.39 Å². The monoisotopic (exact) mass is 348 g/mol. The van der Waals surface area contributed by atoms with Crippen LogP contribution in [0, 0.1) is 0 Å². The van der Waals surface area contributed by atoms with Gasteiger partial charge in [0.15, 0.2) is 5.84 Å². The molecule has 0 unspecified atom stereocenters. The van der Waals surface area contributed by atoms with Gasteiger partial charge in [0.2, 0.25) is 0 Å². The highest BCUT2D eigenvalue weighted by molar-refractivity contribution is 6.09. The second kappa shape index (κ2) is 6.01. The molecule has 2 aromatic heterocycles. The number of nitrogens with zero attached hydrogens (tertiary/aromatic N) is 5. The Morgan fingerprint density at radius 3 is 2.88 bits per heavy atom. The molecule has 5 rings (SSSR count). The molecule has 6 nitrogen and oxygen atoms in total. The number of aromatic nitrogens is 3. The summed E-state index contributed by atoms with van der Waals surface area (Å²) in [5, 5.41) is 5.42. The van der Waals surface area contributed by atoms with Crippen LogP contribution in [0.1, 0.15) is 17.8 Å². The largest absolute Gasteiger partial charge is 0.353 e. The molecule has 0 amide bonds. The zero-order valence-electron chi connectivity index (χ0n) is 14.1. The minimum absolute atomic E-state index is 0.415. The van der Waals surface area contributed by atoms with Gasteiger partial charge in [0, 0.05) is 36.2 Å². The minimum Gasteiger partial charge on any atom is -0.353 e. The van der Waals surface area contributed by atoms with Crippen molar-refractivity contribution in [3.8, 4) is 0 Å². The number of anilines is 2. The molecule has 7 heteroatoms. The second-order valence-corrected chi connectivity index (χ2v) is 6.54. The number of nitrogens with one attached hydrogen (secondary N) is 1. The highest BCUT2D eigenvalue weighted by atomic mass is 19.1. The third-order valence-electron chi connectivity index (χ3n) is 4.82. The number of alkyl halides is 1. The molecule has 0 aliphatic carbocycles. The lowest BCUT2D eigenvalue weighted by atomic mass is 10.1. The molecule has 1 saturated heterocycles. The van der Waals surface area contributed by atoms with E-state index < -0.39 is 6.17 Å². The number of rotatable bonds is 2. The van der Waals surface area contributed by atoms with Crippen molar-refractivity contribution in [2.75, 3.05) is 23.3 Å². The number of aliphatic imine (C=N–C) groups is 1. The fraction of sp³-hybridized carbons (Fsp3) is 0.263. The number of hydrogen-bond acceptors (Lipinski definition) is 6. The normalized spacial score (nSPS) is 18.9. The first kappa shape index (κ1) is 15.2. The van der Waals surface area contributed by atoms with Crippen LogP contribution in [0.15, 0.2) is 47.8 Å². The summed E-state index contributed by atoms with van der Waals surface area (Å²) in [6, 6.07) is 8.05. The maximum absolute atomic E-state index is 13.6. The van der Waals surface area contributed by atoms with Crippen LogP contribution >= 0.6 is 0 Å². The molecule has 2 aliphatic heterocycles. The molecule has 3 aromatic rings. The quantitative estimate of drug-likeness (QED) is 0.771. The summed E-state index contributed by atoms with van der Waals surface area (Å²) < 4.78 is 13.6. The standard InChI is InChI=1S/C19H17FN6/c20-13-4-8-26(11-13)19-15-2-1-14(9-12(15)3-5-23-19)25-18-17-16(10-24-18)21-6-7-22-17/h1-3,5-7,9,13H,4,8,10-11H2,(H,24,25)/t13-/m1/s1. The molecule has 130 valence electrons. The topological polar surface area (TPSA) is 66.3 Å². The van der Waals surface area contributed by atoms with Gasteiger partial charge in [-0.15, -0.1) is 0 Å². The van der Waals surface area contributed by atoms with Crippen LogP contribution < -0.4 is 10.2 Å². The van der Waals surface area contributed by atoms with Crippen molar-refractivity contribution >= 4 is 28.1 Å². The third kappa shape index (κ3) is 2.56. The first-order valence-electron chi connectivity index (χ1n) is 8.67. The lowest BCUT2D eigenvalue weighted by Gasteiger charge is -2.18. The molecule has 0 saturated carbocycles. The van der Waals surface area contributed by atoms with Crippen molar-refractivity contribution in [1.29, 1.82) is 0 Å². The van der Waals surface area contributed by atoms with Crippen molar-refractivity contribution in [2.45, 2.75) is 19.1 Å². The Morgan fingerprint density at radius 2 is 2.00 bits per heavy atom. The van der Waals surface area contributed by atoms with Gasteiger partial charge in [-0.25, -0.2) is 14.4 Å². The van der Waals surface area contributed by atoms with Gasteiger partial charge in [-0.2, -0.15) is 0 Å². The van der Waals surface area contributed by atoms with Gasteiger partial charge in [-0.3, -0.25) is 9.98 Å². The molecule has 1 fully saturated rings. The van der Waals surface area contributed by atoms with Gasteiger partial charge >= 0.3 is 0 Å². The molecule has 1 aromatic carbocycles. The maximum Gasteiger partial charge on any atom is 0.154 e. The summed E-state index contributed by atoms with van der Waals surface area (Å²) in [5.41, 5.74) is 2.61. The van der Waals surface area contributed by atoms with Crippen LogP contribution in [0.5, 0.6) is 0 Å². The number of halogens is 1. The van der Waals surface area contributed by atoms with Gasteiger partial charge in [-0.05, 0) is 36.1 Å². The van der Waals surface area contributed by atoms with E-state index in [0.29, 0.717) is 26.1 Å². The molecule has 26 heavy (non-hydrogen) atoms. The first-order valence-corrected chi connectivity index (χ1v) is 8.67. The fourth-order valence-corrected chi connectivity index (χ4v) is 3.55. The van der Waals surface area contributed by atoms with Crippen molar-refractivity contribution in [3.05, 3.63) is 54.2 Å². The lowest BCUT2D eigenvalue weighted by Crippen LogP contribution is -2.21. The third-order valence-corrected chi connectivity index (χ3v) is 4.82. The van der Waals surface area contributed by atoms with E-state index in [1.54, 1.807) is 18.6 Å². The summed E-state index contributed by atoms with van der Waals surface area (Å²) in [6.45, 7) is 1.67. The van der Waals surface area contributed by atoms with Crippen LogP contribution in [0.4, 0.5) is 15.9 Å². The van der Waals surface area contributed by atoms with E-state index in [9.17, 15) is 4.39 Å². The average Bonchev–Trinajstić information content (AvgIpc) is 3.28. The summed E-state index contributed by atoms with van der Waals surface area (Å²) in [5.74, 6) is 1.59.